The zero-order valence-electron chi connectivity index (χ0n) is 18.7. The minimum absolute atomic E-state index is 0.0706. The molecule has 174 valence electrons. The molecule has 0 spiro atoms. The normalized spacial score (nSPS) is 18.3. The molecule has 0 saturated carbocycles. The number of pyridine rings is 1. The second-order valence-electron chi connectivity index (χ2n) is 8.54. The molecule has 4 heterocycles. The van der Waals surface area contributed by atoms with Gasteiger partial charge in [0.1, 0.15) is 13.2 Å². The van der Waals surface area contributed by atoms with E-state index in [1.165, 1.54) is 0 Å². The van der Waals surface area contributed by atoms with Gasteiger partial charge in [0.05, 0.1) is 17.1 Å². The molecule has 1 aromatic carbocycles. The number of fused-ring (bicyclic) bond motifs is 1. The van der Waals surface area contributed by atoms with Gasteiger partial charge in [-0.3, -0.25) is 9.78 Å². The zero-order valence-corrected chi connectivity index (χ0v) is 19.5. The molecule has 1 N–H and O–H groups in total. The number of aromatic nitrogens is 1. The van der Waals surface area contributed by atoms with Crippen molar-refractivity contribution < 1.29 is 19.1 Å². The maximum Gasteiger partial charge on any atom is 0.321 e. The molecule has 3 aliphatic rings. The van der Waals surface area contributed by atoms with Crippen molar-refractivity contribution in [2.45, 2.75) is 25.7 Å². The van der Waals surface area contributed by atoms with Crippen molar-refractivity contribution in [1.29, 1.82) is 0 Å². The number of thioether (sulfide) groups is 1. The SMILES string of the molecule is Cc1ccc(C(=O)N2CCSC2)c(C2CCN(C(=O)Nc3ccc4c(c3)OCCO4)CC2)n1. The fourth-order valence-electron chi connectivity index (χ4n) is 4.49. The van der Waals surface area contributed by atoms with Crippen molar-refractivity contribution in [3.05, 3.63) is 47.3 Å². The monoisotopic (exact) mass is 468 g/mol. The third-order valence-electron chi connectivity index (χ3n) is 6.30. The van der Waals surface area contributed by atoms with Crippen molar-refractivity contribution >= 4 is 29.4 Å². The van der Waals surface area contributed by atoms with Crippen LogP contribution in [-0.2, 0) is 0 Å². The number of hydrogen-bond acceptors (Lipinski definition) is 6. The Morgan fingerprint density at radius 1 is 1.03 bits per heavy atom. The Morgan fingerprint density at radius 3 is 2.58 bits per heavy atom. The Kier molecular flexibility index (Phi) is 6.30. The van der Waals surface area contributed by atoms with Crippen LogP contribution in [0.4, 0.5) is 10.5 Å². The summed E-state index contributed by atoms with van der Waals surface area (Å²) in [6.07, 6.45) is 1.56. The lowest BCUT2D eigenvalue weighted by Gasteiger charge is -2.33. The molecule has 33 heavy (non-hydrogen) atoms. The number of likely N-dealkylation sites (tertiary alicyclic amines) is 1. The van der Waals surface area contributed by atoms with E-state index < -0.39 is 0 Å². The molecule has 0 aliphatic carbocycles. The van der Waals surface area contributed by atoms with Crippen molar-refractivity contribution in [3.63, 3.8) is 0 Å². The number of nitrogens with zero attached hydrogens (tertiary/aromatic N) is 3. The summed E-state index contributed by atoms with van der Waals surface area (Å²) >= 11 is 1.78. The Bertz CT molecular complexity index is 1050. The molecular weight excluding hydrogens is 440 g/mol. The number of carbonyl (C=O) groups excluding carboxylic acids is 2. The molecule has 2 fully saturated rings. The fraction of sp³-hybridized carbons (Fsp3) is 0.458. The number of nitrogens with one attached hydrogen (secondary N) is 1. The first-order valence-electron chi connectivity index (χ1n) is 11.4. The highest BCUT2D eigenvalue weighted by Crippen LogP contribution is 2.34. The molecule has 9 heteroatoms. The molecule has 3 amide bonds. The van der Waals surface area contributed by atoms with E-state index in [0.29, 0.717) is 49.1 Å². The molecular formula is C24H28N4O4S. The number of amides is 3. The van der Waals surface area contributed by atoms with Crippen molar-refractivity contribution in [2.24, 2.45) is 0 Å². The minimum Gasteiger partial charge on any atom is -0.486 e. The number of carbonyl (C=O) groups is 2. The summed E-state index contributed by atoms with van der Waals surface area (Å²) in [6.45, 7) is 5.02. The number of hydrogen-bond donors (Lipinski definition) is 1. The van der Waals surface area contributed by atoms with Gasteiger partial charge in [-0.25, -0.2) is 4.79 Å². The number of ether oxygens (including phenoxy) is 2. The Hall–Kier alpha value is -2.94. The highest BCUT2D eigenvalue weighted by Gasteiger charge is 2.30. The van der Waals surface area contributed by atoms with Gasteiger partial charge in [0.25, 0.3) is 5.91 Å². The van der Waals surface area contributed by atoms with Crippen LogP contribution in [0.15, 0.2) is 30.3 Å². The number of anilines is 1. The largest absolute Gasteiger partial charge is 0.486 e. The molecule has 2 aromatic rings. The average Bonchev–Trinajstić information content (AvgIpc) is 3.39. The van der Waals surface area contributed by atoms with Gasteiger partial charge >= 0.3 is 6.03 Å². The number of rotatable bonds is 3. The van der Waals surface area contributed by atoms with Crippen LogP contribution in [0.5, 0.6) is 11.5 Å². The number of urea groups is 1. The first kappa shape index (κ1) is 21.9. The predicted octanol–water partition coefficient (Wildman–Crippen LogP) is 3.72. The van der Waals surface area contributed by atoms with E-state index in [0.717, 1.165) is 42.4 Å². The smallest absolute Gasteiger partial charge is 0.321 e. The summed E-state index contributed by atoms with van der Waals surface area (Å²) in [6, 6.07) is 9.14. The van der Waals surface area contributed by atoms with Gasteiger partial charge in [-0.05, 0) is 44.0 Å². The molecule has 3 aliphatic heterocycles. The fourth-order valence-corrected chi connectivity index (χ4v) is 5.44. The first-order valence-corrected chi connectivity index (χ1v) is 12.5. The third kappa shape index (κ3) is 4.73. The highest BCUT2D eigenvalue weighted by atomic mass is 32.2. The van der Waals surface area contributed by atoms with Gasteiger partial charge < -0.3 is 24.6 Å². The lowest BCUT2D eigenvalue weighted by molar-refractivity contribution is 0.0799. The predicted molar refractivity (Wildman–Crippen MR) is 127 cm³/mol. The van der Waals surface area contributed by atoms with Crippen LogP contribution in [0.1, 0.15) is 40.5 Å². The summed E-state index contributed by atoms with van der Waals surface area (Å²) in [5.74, 6) is 3.31. The van der Waals surface area contributed by atoms with E-state index in [1.807, 2.05) is 41.0 Å². The van der Waals surface area contributed by atoms with Crippen LogP contribution in [0.3, 0.4) is 0 Å². The van der Waals surface area contributed by atoms with Crippen LogP contribution in [-0.4, -0.2) is 71.2 Å². The van der Waals surface area contributed by atoms with Crippen LogP contribution < -0.4 is 14.8 Å². The van der Waals surface area contributed by atoms with Gasteiger partial charge in [-0.15, -0.1) is 11.8 Å². The maximum atomic E-state index is 13.1. The molecule has 0 unspecified atom stereocenters. The lowest BCUT2D eigenvalue weighted by atomic mass is 9.90. The zero-order chi connectivity index (χ0) is 22.8. The van der Waals surface area contributed by atoms with Gasteiger partial charge in [-0.1, -0.05) is 0 Å². The van der Waals surface area contributed by atoms with Crippen molar-refractivity contribution in [2.75, 3.05) is 49.8 Å². The van der Waals surface area contributed by atoms with Gasteiger partial charge in [0, 0.05) is 48.8 Å². The summed E-state index contributed by atoms with van der Waals surface area (Å²) in [5, 5.41) is 2.96. The van der Waals surface area contributed by atoms with E-state index in [1.54, 1.807) is 17.8 Å². The number of piperidine rings is 1. The molecule has 1 aromatic heterocycles. The first-order chi connectivity index (χ1) is 16.1. The van der Waals surface area contributed by atoms with Crippen molar-refractivity contribution in [1.82, 2.24) is 14.8 Å². The number of aryl methyl sites for hydroxylation is 1. The Labute approximate surface area is 197 Å². The van der Waals surface area contributed by atoms with Crippen LogP contribution in [0, 0.1) is 6.92 Å². The van der Waals surface area contributed by atoms with E-state index in [9.17, 15) is 9.59 Å². The van der Waals surface area contributed by atoms with E-state index in [-0.39, 0.29) is 17.9 Å². The van der Waals surface area contributed by atoms with E-state index >= 15 is 0 Å². The Balaban J connectivity index is 1.23. The molecule has 0 bridgehead atoms. The van der Waals surface area contributed by atoms with Crippen LogP contribution in [0.2, 0.25) is 0 Å². The lowest BCUT2D eigenvalue weighted by Crippen LogP contribution is -2.41. The van der Waals surface area contributed by atoms with Gasteiger partial charge in [-0.2, -0.15) is 0 Å². The molecule has 5 rings (SSSR count). The van der Waals surface area contributed by atoms with E-state index in [4.69, 9.17) is 14.5 Å². The van der Waals surface area contributed by atoms with E-state index in [2.05, 4.69) is 5.32 Å². The van der Waals surface area contributed by atoms with Crippen LogP contribution in [0.25, 0.3) is 0 Å². The summed E-state index contributed by atoms with van der Waals surface area (Å²) in [4.78, 5) is 34.4. The second kappa shape index (κ2) is 9.51. The molecule has 0 radical (unpaired) electrons. The summed E-state index contributed by atoms with van der Waals surface area (Å²) < 4.78 is 11.1. The Morgan fingerprint density at radius 2 is 1.82 bits per heavy atom. The third-order valence-corrected chi connectivity index (χ3v) is 7.26. The van der Waals surface area contributed by atoms with Gasteiger partial charge in [0.15, 0.2) is 11.5 Å². The minimum atomic E-state index is -0.132. The molecule has 8 nitrogen and oxygen atoms in total. The average molecular weight is 469 g/mol. The summed E-state index contributed by atoms with van der Waals surface area (Å²) in [5.41, 5.74) is 3.19. The quantitative estimate of drug-likeness (QED) is 0.739. The molecule has 0 atom stereocenters. The van der Waals surface area contributed by atoms with Gasteiger partial charge in [0.2, 0.25) is 0 Å². The number of benzene rings is 1. The van der Waals surface area contributed by atoms with Crippen molar-refractivity contribution in [3.8, 4) is 11.5 Å². The molecule has 2 saturated heterocycles. The topological polar surface area (TPSA) is 84.0 Å². The standard InChI is InChI=1S/C24H28N4O4S/c1-16-2-4-19(23(29)28-10-13-33-15-28)22(25-16)17-6-8-27(9-7-17)24(30)26-18-3-5-20-21(14-18)32-12-11-31-20/h2-5,14,17H,6-13,15H2,1H3,(H,26,30). The summed E-state index contributed by atoms with van der Waals surface area (Å²) in [7, 11) is 0. The highest BCUT2D eigenvalue weighted by molar-refractivity contribution is 7.99. The second-order valence-corrected chi connectivity index (χ2v) is 9.62. The van der Waals surface area contributed by atoms with Crippen LogP contribution >= 0.6 is 11.8 Å². The maximum absolute atomic E-state index is 13.1.